The zero-order chi connectivity index (χ0) is 14.3. The van der Waals surface area contributed by atoms with Crippen molar-refractivity contribution in [3.63, 3.8) is 0 Å². The fourth-order valence-electron chi connectivity index (χ4n) is 1.33. The maximum atomic E-state index is 11.6. The number of hydrogen-bond acceptors (Lipinski definition) is 3. The van der Waals surface area contributed by atoms with Crippen LogP contribution in [0.5, 0.6) is 5.75 Å². The summed E-state index contributed by atoms with van der Waals surface area (Å²) in [5.74, 6) is 0.316. The smallest absolute Gasteiger partial charge is 0.410 e. The van der Waals surface area contributed by atoms with Crippen molar-refractivity contribution in [3.8, 4) is 5.75 Å². The van der Waals surface area contributed by atoms with Crippen LogP contribution in [0.1, 0.15) is 33.6 Å². The average Bonchev–Trinajstić information content (AvgIpc) is 2.38. The van der Waals surface area contributed by atoms with Gasteiger partial charge in [0.2, 0.25) is 5.91 Å². The number of nitrogens with one attached hydrogen (secondary N) is 2. The number of ether oxygens (including phenoxy) is 1. The summed E-state index contributed by atoms with van der Waals surface area (Å²) in [4.78, 5) is 22.8. The van der Waals surface area contributed by atoms with E-state index in [0.29, 0.717) is 17.9 Å². The number of benzene rings is 1. The molecule has 1 aromatic carbocycles. The molecule has 0 spiro atoms. The van der Waals surface area contributed by atoms with Gasteiger partial charge in [-0.2, -0.15) is 0 Å². The van der Waals surface area contributed by atoms with Crippen LogP contribution in [0.3, 0.4) is 0 Å². The topological polar surface area (TPSA) is 67.4 Å². The second-order valence-corrected chi connectivity index (χ2v) is 4.27. The van der Waals surface area contributed by atoms with Crippen LogP contribution in [-0.4, -0.2) is 18.0 Å². The molecule has 0 saturated heterocycles. The van der Waals surface area contributed by atoms with Crippen molar-refractivity contribution in [3.05, 3.63) is 24.3 Å². The number of carbonyl (C=O) groups is 2. The lowest BCUT2D eigenvalue weighted by Crippen LogP contribution is -2.34. The molecule has 1 rings (SSSR count). The molecule has 5 nitrogen and oxygen atoms in total. The molecule has 1 unspecified atom stereocenters. The maximum Gasteiger partial charge on any atom is 0.412 e. The zero-order valence-corrected chi connectivity index (χ0v) is 11.5. The van der Waals surface area contributed by atoms with Gasteiger partial charge in [-0.3, -0.25) is 4.79 Å². The molecule has 104 valence electrons. The molecule has 1 aromatic rings. The van der Waals surface area contributed by atoms with Gasteiger partial charge in [-0.1, -0.05) is 19.9 Å². The van der Waals surface area contributed by atoms with Gasteiger partial charge in [0.25, 0.3) is 0 Å². The second-order valence-electron chi connectivity index (χ2n) is 4.27. The number of hydrogen-bond donors (Lipinski definition) is 2. The highest BCUT2D eigenvalue weighted by atomic mass is 16.6. The van der Waals surface area contributed by atoms with Gasteiger partial charge < -0.3 is 15.4 Å². The van der Waals surface area contributed by atoms with E-state index in [9.17, 15) is 9.59 Å². The minimum Gasteiger partial charge on any atom is -0.410 e. The number of carbonyl (C=O) groups excluding carboxylic acids is 2. The Hall–Kier alpha value is -2.04. The van der Waals surface area contributed by atoms with Crippen molar-refractivity contribution >= 4 is 17.7 Å². The fourth-order valence-corrected chi connectivity index (χ4v) is 1.33. The molecule has 0 radical (unpaired) electrons. The van der Waals surface area contributed by atoms with Gasteiger partial charge in [-0.05, 0) is 25.5 Å². The third-order valence-electron chi connectivity index (χ3n) is 2.63. The first kappa shape index (κ1) is 15.0. The molecule has 0 fully saturated rings. The molecule has 0 bridgehead atoms. The monoisotopic (exact) mass is 264 g/mol. The third kappa shape index (κ3) is 5.42. The van der Waals surface area contributed by atoms with Crippen molar-refractivity contribution in [1.82, 2.24) is 5.32 Å². The largest absolute Gasteiger partial charge is 0.412 e. The van der Waals surface area contributed by atoms with Gasteiger partial charge in [-0.25, -0.2) is 4.79 Å². The van der Waals surface area contributed by atoms with E-state index in [1.54, 1.807) is 31.2 Å². The second kappa shape index (κ2) is 7.41. The molecular formula is C14H20N2O3. The highest BCUT2D eigenvalue weighted by Crippen LogP contribution is 2.17. The molecule has 0 saturated carbocycles. The van der Waals surface area contributed by atoms with Crippen LogP contribution in [0.25, 0.3) is 0 Å². The first-order chi connectivity index (χ1) is 9.05. The van der Waals surface area contributed by atoms with Gasteiger partial charge in [0.05, 0.1) is 0 Å². The van der Waals surface area contributed by atoms with Crippen LogP contribution < -0.4 is 15.4 Å². The lowest BCUT2D eigenvalue weighted by atomic mass is 10.3. The molecule has 0 aliphatic carbocycles. The first-order valence-corrected chi connectivity index (χ1v) is 6.43. The summed E-state index contributed by atoms with van der Waals surface area (Å²) in [6.07, 6.45) is 0.745. The summed E-state index contributed by atoms with van der Waals surface area (Å²) in [6, 6.07) is 6.81. The third-order valence-corrected chi connectivity index (χ3v) is 2.63. The quantitative estimate of drug-likeness (QED) is 0.859. The molecule has 0 heterocycles. The van der Waals surface area contributed by atoms with E-state index in [-0.39, 0.29) is 11.9 Å². The Morgan fingerprint density at radius 1 is 1.32 bits per heavy atom. The van der Waals surface area contributed by atoms with Crippen LogP contribution in [-0.2, 0) is 4.79 Å². The van der Waals surface area contributed by atoms with Crippen molar-refractivity contribution in [2.24, 2.45) is 0 Å². The Bertz CT molecular complexity index is 446. The summed E-state index contributed by atoms with van der Waals surface area (Å²) in [6.45, 7) is 5.65. The first-order valence-electron chi connectivity index (χ1n) is 6.43. The van der Waals surface area contributed by atoms with E-state index in [1.165, 1.54) is 0 Å². The Labute approximate surface area is 113 Å². The molecule has 5 heteroatoms. The minimum absolute atomic E-state index is 0.0653. The van der Waals surface area contributed by atoms with Gasteiger partial charge in [0.15, 0.2) is 0 Å². The number of amides is 2. The molecule has 0 aliphatic rings. The number of rotatable bonds is 5. The van der Waals surface area contributed by atoms with Crippen LogP contribution in [0.2, 0.25) is 0 Å². The maximum absolute atomic E-state index is 11.6. The Balaban J connectivity index is 2.61. The van der Waals surface area contributed by atoms with Gasteiger partial charge >= 0.3 is 6.09 Å². The summed E-state index contributed by atoms with van der Waals surface area (Å²) in [5, 5.41) is 5.41. The van der Waals surface area contributed by atoms with E-state index in [0.717, 1.165) is 6.42 Å². The standard InChI is InChI=1S/C14H20N2O3/c1-4-10(3)15-14(18)19-12-8-6-7-11(9-12)16-13(17)5-2/h6-10H,4-5H2,1-3H3,(H,15,18)(H,16,17). The zero-order valence-electron chi connectivity index (χ0n) is 11.5. The molecule has 2 amide bonds. The summed E-state index contributed by atoms with van der Waals surface area (Å²) in [5.41, 5.74) is 0.612. The van der Waals surface area contributed by atoms with Crippen molar-refractivity contribution in [2.45, 2.75) is 39.7 Å². The summed E-state index contributed by atoms with van der Waals surface area (Å²) in [7, 11) is 0. The minimum atomic E-state index is -0.492. The van der Waals surface area contributed by atoms with Crippen molar-refractivity contribution in [2.75, 3.05) is 5.32 Å². The average molecular weight is 264 g/mol. The van der Waals surface area contributed by atoms with E-state index < -0.39 is 6.09 Å². The van der Waals surface area contributed by atoms with Gasteiger partial charge in [0, 0.05) is 24.2 Å². The van der Waals surface area contributed by atoms with E-state index in [1.807, 2.05) is 13.8 Å². The molecule has 2 N–H and O–H groups in total. The fraction of sp³-hybridized carbons (Fsp3) is 0.429. The predicted octanol–water partition coefficient (Wildman–Crippen LogP) is 2.92. The molecule has 0 aromatic heterocycles. The van der Waals surface area contributed by atoms with E-state index in [2.05, 4.69) is 10.6 Å². The highest BCUT2D eigenvalue weighted by Gasteiger charge is 2.08. The summed E-state index contributed by atoms with van der Waals surface area (Å²) < 4.78 is 5.14. The predicted molar refractivity (Wildman–Crippen MR) is 74.3 cm³/mol. The van der Waals surface area contributed by atoms with E-state index in [4.69, 9.17) is 4.74 Å². The lowest BCUT2D eigenvalue weighted by Gasteiger charge is -2.12. The summed E-state index contributed by atoms with van der Waals surface area (Å²) >= 11 is 0. The SMILES string of the molecule is CCC(=O)Nc1cccc(OC(=O)NC(C)CC)c1. The Kier molecular flexibility index (Phi) is 5.85. The lowest BCUT2D eigenvalue weighted by molar-refractivity contribution is -0.115. The highest BCUT2D eigenvalue weighted by molar-refractivity contribution is 5.90. The number of anilines is 1. The molecule has 19 heavy (non-hydrogen) atoms. The van der Waals surface area contributed by atoms with Gasteiger partial charge in [0.1, 0.15) is 5.75 Å². The van der Waals surface area contributed by atoms with Crippen LogP contribution in [0.15, 0.2) is 24.3 Å². The van der Waals surface area contributed by atoms with Crippen LogP contribution in [0, 0.1) is 0 Å². The van der Waals surface area contributed by atoms with Crippen LogP contribution in [0.4, 0.5) is 10.5 Å². The Morgan fingerprint density at radius 3 is 2.68 bits per heavy atom. The van der Waals surface area contributed by atoms with Crippen LogP contribution >= 0.6 is 0 Å². The van der Waals surface area contributed by atoms with Crippen molar-refractivity contribution < 1.29 is 14.3 Å². The normalized spacial score (nSPS) is 11.5. The molecule has 1 atom stereocenters. The van der Waals surface area contributed by atoms with Crippen molar-refractivity contribution in [1.29, 1.82) is 0 Å². The Morgan fingerprint density at radius 2 is 2.05 bits per heavy atom. The molecular weight excluding hydrogens is 244 g/mol. The van der Waals surface area contributed by atoms with Gasteiger partial charge in [-0.15, -0.1) is 0 Å². The molecule has 0 aliphatic heterocycles. The van der Waals surface area contributed by atoms with E-state index >= 15 is 0 Å².